The van der Waals surface area contributed by atoms with Crippen molar-refractivity contribution in [2.24, 2.45) is 0 Å². The highest BCUT2D eigenvalue weighted by Crippen LogP contribution is 2.41. The van der Waals surface area contributed by atoms with Crippen molar-refractivity contribution in [3.8, 4) is 22.0 Å². The zero-order valence-corrected chi connectivity index (χ0v) is 21.0. The van der Waals surface area contributed by atoms with Gasteiger partial charge in [0.25, 0.3) is 0 Å². The SMILES string of the molecule is O=C1CC[C@H](c2cn(-c3ccc(Cl)c(Cl)c3)nc2-c2ccc(Cl)s2)N1CCc1ccc(O)cc1. The Labute approximate surface area is 216 Å². The average Bonchev–Trinajstić information content (AvgIpc) is 3.53. The molecule has 0 unspecified atom stereocenters. The van der Waals surface area contributed by atoms with Gasteiger partial charge in [0.1, 0.15) is 11.4 Å². The summed E-state index contributed by atoms with van der Waals surface area (Å²) in [5, 5.41) is 15.3. The molecule has 34 heavy (non-hydrogen) atoms. The highest BCUT2D eigenvalue weighted by molar-refractivity contribution is 7.19. The standard InChI is InChI=1S/C25H20Cl3N3O2S/c26-19-6-3-16(13-20(19)27)31-14-18(25(29-31)22-8-9-23(28)34-22)21-7-10-24(33)30(21)12-11-15-1-4-17(32)5-2-15/h1-6,8-9,13-14,21,32H,7,10-12H2/t21-/m1/s1. The molecular weight excluding hydrogens is 513 g/mol. The van der Waals surface area contributed by atoms with Crippen LogP contribution in [0.4, 0.5) is 0 Å². The number of carbonyl (C=O) groups excluding carboxylic acids is 1. The molecule has 174 valence electrons. The molecular formula is C25H20Cl3N3O2S. The van der Waals surface area contributed by atoms with Gasteiger partial charge in [0.15, 0.2) is 0 Å². The third kappa shape index (κ3) is 4.68. The lowest BCUT2D eigenvalue weighted by molar-refractivity contribution is -0.129. The summed E-state index contributed by atoms with van der Waals surface area (Å²) >= 11 is 20.0. The Kier molecular flexibility index (Phi) is 6.58. The van der Waals surface area contributed by atoms with E-state index in [9.17, 15) is 9.90 Å². The van der Waals surface area contributed by atoms with Crippen LogP contribution in [-0.2, 0) is 11.2 Å². The Bertz CT molecular complexity index is 1350. The van der Waals surface area contributed by atoms with Crippen molar-refractivity contribution in [1.82, 2.24) is 14.7 Å². The van der Waals surface area contributed by atoms with Crippen molar-refractivity contribution in [3.63, 3.8) is 0 Å². The normalized spacial score (nSPS) is 15.9. The molecule has 3 heterocycles. The van der Waals surface area contributed by atoms with Gasteiger partial charge in [-0.1, -0.05) is 46.9 Å². The summed E-state index contributed by atoms with van der Waals surface area (Å²) in [7, 11) is 0. The maximum Gasteiger partial charge on any atom is 0.223 e. The van der Waals surface area contributed by atoms with E-state index in [1.54, 1.807) is 28.9 Å². The first-order chi connectivity index (χ1) is 16.4. The lowest BCUT2D eigenvalue weighted by Gasteiger charge is -2.25. The van der Waals surface area contributed by atoms with Crippen LogP contribution >= 0.6 is 46.1 Å². The van der Waals surface area contributed by atoms with Gasteiger partial charge < -0.3 is 10.0 Å². The molecule has 2 aromatic carbocycles. The van der Waals surface area contributed by atoms with Crippen LogP contribution in [0.3, 0.4) is 0 Å². The van der Waals surface area contributed by atoms with Crippen LogP contribution in [0.2, 0.25) is 14.4 Å². The number of benzene rings is 2. The van der Waals surface area contributed by atoms with E-state index >= 15 is 0 Å². The number of rotatable bonds is 6. The van der Waals surface area contributed by atoms with Gasteiger partial charge in [0.2, 0.25) is 5.91 Å². The predicted octanol–water partition coefficient (Wildman–Crippen LogP) is 7.17. The van der Waals surface area contributed by atoms with E-state index < -0.39 is 0 Å². The van der Waals surface area contributed by atoms with Crippen LogP contribution in [-0.4, -0.2) is 32.2 Å². The minimum Gasteiger partial charge on any atom is -0.508 e. The van der Waals surface area contributed by atoms with Crippen LogP contribution in [0.15, 0.2) is 60.8 Å². The minimum absolute atomic E-state index is 0.1000. The number of likely N-dealkylation sites (tertiary alicyclic amines) is 1. The number of halogens is 3. The number of hydrogen-bond acceptors (Lipinski definition) is 4. The summed E-state index contributed by atoms with van der Waals surface area (Å²) in [4.78, 5) is 15.7. The van der Waals surface area contributed by atoms with Gasteiger partial charge >= 0.3 is 0 Å². The number of hydrogen-bond donors (Lipinski definition) is 1. The van der Waals surface area contributed by atoms with Gasteiger partial charge in [-0.15, -0.1) is 11.3 Å². The minimum atomic E-state index is -0.1000. The number of aromatic nitrogens is 2. The molecule has 1 amide bonds. The van der Waals surface area contributed by atoms with Crippen LogP contribution in [0.1, 0.15) is 30.0 Å². The van der Waals surface area contributed by atoms with E-state index in [2.05, 4.69) is 0 Å². The third-order valence-corrected chi connectivity index (χ3v) is 7.96. The van der Waals surface area contributed by atoms with E-state index in [-0.39, 0.29) is 17.7 Å². The summed E-state index contributed by atoms with van der Waals surface area (Å²) in [6, 6.07) is 16.2. The van der Waals surface area contributed by atoms with Crippen molar-refractivity contribution >= 4 is 52.0 Å². The highest BCUT2D eigenvalue weighted by Gasteiger charge is 2.35. The molecule has 1 fully saturated rings. The maximum atomic E-state index is 12.9. The van der Waals surface area contributed by atoms with Crippen LogP contribution in [0, 0.1) is 0 Å². The molecule has 1 N–H and O–H groups in total. The summed E-state index contributed by atoms with van der Waals surface area (Å²) in [6.07, 6.45) is 3.87. The molecule has 0 saturated carbocycles. The first-order valence-corrected chi connectivity index (χ1v) is 12.7. The van der Waals surface area contributed by atoms with E-state index in [4.69, 9.17) is 39.9 Å². The molecule has 0 bridgehead atoms. The number of amides is 1. The molecule has 1 atom stereocenters. The fourth-order valence-electron chi connectivity index (χ4n) is 4.27. The van der Waals surface area contributed by atoms with Gasteiger partial charge in [-0.2, -0.15) is 5.10 Å². The van der Waals surface area contributed by atoms with Crippen LogP contribution < -0.4 is 0 Å². The number of carbonyl (C=O) groups is 1. The van der Waals surface area contributed by atoms with Crippen molar-refractivity contribution < 1.29 is 9.90 Å². The Hall–Kier alpha value is -2.51. The van der Waals surface area contributed by atoms with Crippen molar-refractivity contribution in [2.75, 3.05) is 6.54 Å². The average molecular weight is 533 g/mol. The topological polar surface area (TPSA) is 58.4 Å². The molecule has 2 aromatic heterocycles. The Morgan fingerprint density at radius 1 is 1.03 bits per heavy atom. The Morgan fingerprint density at radius 2 is 1.82 bits per heavy atom. The van der Waals surface area contributed by atoms with Crippen LogP contribution in [0.5, 0.6) is 5.75 Å². The van der Waals surface area contributed by atoms with E-state index in [1.165, 1.54) is 11.3 Å². The number of aromatic hydroxyl groups is 1. The van der Waals surface area contributed by atoms with Crippen molar-refractivity contribution in [1.29, 1.82) is 0 Å². The lowest BCUT2D eigenvalue weighted by atomic mass is 10.0. The highest BCUT2D eigenvalue weighted by atomic mass is 35.5. The van der Waals surface area contributed by atoms with Crippen LogP contribution in [0.25, 0.3) is 16.3 Å². The quantitative estimate of drug-likeness (QED) is 0.286. The number of thiophene rings is 1. The molecule has 1 saturated heterocycles. The van der Waals surface area contributed by atoms with Gasteiger partial charge in [-0.25, -0.2) is 4.68 Å². The molecule has 9 heteroatoms. The second-order valence-electron chi connectivity index (χ2n) is 8.14. The fraction of sp³-hybridized carbons (Fsp3) is 0.200. The Balaban J connectivity index is 1.51. The lowest BCUT2D eigenvalue weighted by Crippen LogP contribution is -2.30. The monoisotopic (exact) mass is 531 g/mol. The molecule has 4 aromatic rings. The smallest absolute Gasteiger partial charge is 0.223 e. The molecule has 0 radical (unpaired) electrons. The third-order valence-electron chi connectivity index (χ3n) is 5.98. The van der Waals surface area contributed by atoms with Crippen molar-refractivity contribution in [3.05, 3.63) is 86.3 Å². The summed E-state index contributed by atoms with van der Waals surface area (Å²) in [5.41, 5.74) is 3.62. The van der Waals surface area contributed by atoms with Crippen molar-refractivity contribution in [2.45, 2.75) is 25.3 Å². The van der Waals surface area contributed by atoms with Gasteiger partial charge in [-0.05, 0) is 60.9 Å². The van der Waals surface area contributed by atoms with E-state index in [0.29, 0.717) is 40.2 Å². The zero-order valence-electron chi connectivity index (χ0n) is 17.9. The van der Waals surface area contributed by atoms with E-state index in [0.717, 1.165) is 27.4 Å². The molecule has 0 spiro atoms. The summed E-state index contributed by atoms with van der Waals surface area (Å²) in [5.74, 6) is 0.356. The summed E-state index contributed by atoms with van der Waals surface area (Å²) in [6.45, 7) is 0.580. The van der Waals surface area contributed by atoms with Gasteiger partial charge in [-0.3, -0.25) is 4.79 Å². The molecule has 5 nitrogen and oxygen atoms in total. The largest absolute Gasteiger partial charge is 0.508 e. The van der Waals surface area contributed by atoms with Gasteiger partial charge in [0, 0.05) is 24.7 Å². The number of phenolic OH excluding ortho intramolecular Hbond substituents is 1. The van der Waals surface area contributed by atoms with Gasteiger partial charge in [0.05, 0.1) is 31.0 Å². The maximum absolute atomic E-state index is 12.9. The Morgan fingerprint density at radius 3 is 2.53 bits per heavy atom. The number of phenols is 1. The molecule has 1 aliphatic heterocycles. The fourth-order valence-corrected chi connectivity index (χ4v) is 5.62. The first kappa shape index (κ1) is 23.2. The first-order valence-electron chi connectivity index (χ1n) is 10.8. The second kappa shape index (κ2) is 9.62. The predicted molar refractivity (Wildman–Crippen MR) is 137 cm³/mol. The second-order valence-corrected chi connectivity index (χ2v) is 10.7. The molecule has 0 aliphatic carbocycles. The molecule has 5 rings (SSSR count). The summed E-state index contributed by atoms with van der Waals surface area (Å²) < 4.78 is 2.46. The molecule has 1 aliphatic rings. The number of nitrogens with zero attached hydrogens (tertiary/aromatic N) is 3. The van der Waals surface area contributed by atoms with E-state index in [1.807, 2.05) is 41.4 Å². The zero-order chi connectivity index (χ0) is 23.8.